The highest BCUT2D eigenvalue weighted by molar-refractivity contribution is 5.97. The van der Waals surface area contributed by atoms with Crippen LogP contribution >= 0.6 is 0 Å². The van der Waals surface area contributed by atoms with E-state index in [0.29, 0.717) is 0 Å². The zero-order valence-corrected chi connectivity index (χ0v) is 29.8. The fraction of sp³-hybridized carbons (Fsp3) is 0.0769. The van der Waals surface area contributed by atoms with Crippen molar-refractivity contribution in [2.24, 2.45) is 0 Å². The Kier molecular flexibility index (Phi) is 6.29. The molecule has 0 aliphatic heterocycles. The molecule has 250 valence electrons. The minimum atomic E-state index is -0.367. The van der Waals surface area contributed by atoms with Crippen LogP contribution in [0.25, 0.3) is 44.5 Å². The third-order valence-electron chi connectivity index (χ3n) is 12.3. The van der Waals surface area contributed by atoms with E-state index in [9.17, 15) is 0 Å². The zero-order chi connectivity index (χ0) is 35.3. The van der Waals surface area contributed by atoms with Crippen LogP contribution in [0, 0.1) is 0 Å². The number of benzene rings is 8. The maximum absolute atomic E-state index is 2.49. The van der Waals surface area contributed by atoms with Crippen molar-refractivity contribution in [3.05, 3.63) is 221 Å². The second kappa shape index (κ2) is 11.0. The lowest BCUT2D eigenvalue weighted by Gasteiger charge is -2.32. The number of para-hydroxylation sites is 1. The fourth-order valence-electron chi connectivity index (χ4n) is 10.0. The smallest absolute Gasteiger partial charge is 0.0725 e. The van der Waals surface area contributed by atoms with Crippen LogP contribution in [0.5, 0.6) is 0 Å². The van der Waals surface area contributed by atoms with Gasteiger partial charge in [0, 0.05) is 22.4 Å². The van der Waals surface area contributed by atoms with Gasteiger partial charge in [-0.25, -0.2) is 0 Å². The van der Waals surface area contributed by atoms with Gasteiger partial charge in [0.05, 0.1) is 11.1 Å². The number of rotatable bonds is 4. The highest BCUT2D eigenvalue weighted by atomic mass is 15.1. The van der Waals surface area contributed by atoms with Crippen LogP contribution in [0.2, 0.25) is 0 Å². The van der Waals surface area contributed by atoms with Crippen LogP contribution in [0.4, 0.5) is 17.1 Å². The maximum Gasteiger partial charge on any atom is 0.0725 e. The number of hydrogen-bond acceptors (Lipinski definition) is 1. The van der Waals surface area contributed by atoms with Gasteiger partial charge >= 0.3 is 0 Å². The van der Waals surface area contributed by atoms with Crippen molar-refractivity contribution in [1.29, 1.82) is 0 Å². The third-order valence-corrected chi connectivity index (χ3v) is 12.3. The summed E-state index contributed by atoms with van der Waals surface area (Å²) in [6.45, 7) is 4.74. The number of fused-ring (bicyclic) bond motifs is 13. The van der Waals surface area contributed by atoms with Gasteiger partial charge < -0.3 is 4.90 Å². The molecule has 1 spiro atoms. The van der Waals surface area contributed by atoms with E-state index < -0.39 is 0 Å². The molecule has 11 rings (SSSR count). The quantitative estimate of drug-likeness (QED) is 0.179. The average Bonchev–Trinajstić information content (AvgIpc) is 3.77. The normalized spacial score (nSPS) is 14.5. The van der Waals surface area contributed by atoms with Crippen molar-refractivity contribution >= 4 is 17.1 Å². The molecule has 8 aromatic rings. The zero-order valence-electron chi connectivity index (χ0n) is 29.8. The van der Waals surface area contributed by atoms with Gasteiger partial charge in [0.15, 0.2) is 0 Å². The van der Waals surface area contributed by atoms with Gasteiger partial charge in [-0.05, 0) is 103 Å². The van der Waals surface area contributed by atoms with Gasteiger partial charge in [-0.1, -0.05) is 172 Å². The van der Waals surface area contributed by atoms with Crippen LogP contribution in [0.3, 0.4) is 0 Å². The Balaban J connectivity index is 1.17. The van der Waals surface area contributed by atoms with Crippen molar-refractivity contribution in [1.82, 2.24) is 0 Å². The van der Waals surface area contributed by atoms with Crippen molar-refractivity contribution in [2.45, 2.75) is 24.7 Å². The minimum absolute atomic E-state index is 0.112. The number of anilines is 3. The summed E-state index contributed by atoms with van der Waals surface area (Å²) in [5.74, 6) is 0. The lowest BCUT2D eigenvalue weighted by Crippen LogP contribution is -2.25. The van der Waals surface area contributed by atoms with Crippen molar-refractivity contribution in [2.75, 3.05) is 4.90 Å². The predicted octanol–water partition coefficient (Wildman–Crippen LogP) is 13.5. The van der Waals surface area contributed by atoms with E-state index in [1.807, 2.05) is 0 Å². The highest BCUT2D eigenvalue weighted by Crippen LogP contribution is 2.63. The van der Waals surface area contributed by atoms with Gasteiger partial charge in [0.2, 0.25) is 0 Å². The molecule has 0 saturated carbocycles. The molecule has 0 aromatic heterocycles. The molecule has 3 aliphatic carbocycles. The first kappa shape index (κ1) is 30.2. The van der Waals surface area contributed by atoms with Crippen molar-refractivity contribution in [3.8, 4) is 44.5 Å². The van der Waals surface area contributed by atoms with Crippen LogP contribution in [-0.2, 0) is 10.8 Å². The van der Waals surface area contributed by atoms with Gasteiger partial charge in [-0.2, -0.15) is 0 Å². The molecule has 1 nitrogen and oxygen atoms in total. The maximum atomic E-state index is 2.49. The van der Waals surface area contributed by atoms with Gasteiger partial charge in [-0.3, -0.25) is 0 Å². The first-order valence-electron chi connectivity index (χ1n) is 18.7. The molecule has 53 heavy (non-hydrogen) atoms. The molecule has 0 bridgehead atoms. The Hall–Kier alpha value is -6.44. The predicted molar refractivity (Wildman–Crippen MR) is 220 cm³/mol. The Morgan fingerprint density at radius 2 is 0.755 bits per heavy atom. The highest BCUT2D eigenvalue weighted by Gasteiger charge is 2.51. The molecule has 3 aliphatic rings. The van der Waals surface area contributed by atoms with E-state index >= 15 is 0 Å². The van der Waals surface area contributed by atoms with E-state index in [2.05, 4.69) is 207 Å². The fourth-order valence-corrected chi connectivity index (χ4v) is 10.0. The first-order chi connectivity index (χ1) is 26.1. The second-order valence-electron chi connectivity index (χ2n) is 15.2. The Morgan fingerprint density at radius 3 is 1.40 bits per heavy atom. The summed E-state index contributed by atoms with van der Waals surface area (Å²) in [4.78, 5) is 2.49. The van der Waals surface area contributed by atoms with Gasteiger partial charge in [0.25, 0.3) is 0 Å². The van der Waals surface area contributed by atoms with Crippen LogP contribution in [0.15, 0.2) is 188 Å². The molecule has 1 heteroatoms. The van der Waals surface area contributed by atoms with Crippen LogP contribution in [0.1, 0.15) is 47.2 Å². The summed E-state index contributed by atoms with van der Waals surface area (Å²) in [5.41, 5.74) is 21.5. The van der Waals surface area contributed by atoms with Crippen LogP contribution in [-0.4, -0.2) is 0 Å². The summed E-state index contributed by atoms with van der Waals surface area (Å²) in [6, 6.07) is 70.1. The lowest BCUT2D eigenvalue weighted by molar-refractivity contribution is 0.660. The molecule has 0 amide bonds. The molecule has 0 fully saturated rings. The molecule has 0 radical (unpaired) electrons. The summed E-state index contributed by atoms with van der Waals surface area (Å²) in [6.07, 6.45) is 0. The van der Waals surface area contributed by atoms with Gasteiger partial charge in [-0.15, -0.1) is 0 Å². The summed E-state index contributed by atoms with van der Waals surface area (Å²) in [5, 5.41) is 0. The Bertz CT molecular complexity index is 2720. The Labute approximate surface area is 311 Å². The summed E-state index contributed by atoms with van der Waals surface area (Å²) in [7, 11) is 0. The van der Waals surface area contributed by atoms with E-state index in [1.54, 1.807) is 0 Å². The SMILES string of the molecule is CC1(C)c2ccccc2-c2ccc(N(c3ccc4c(c3)-c3ccccc3C43c4ccccc4-c4ccccc43)c3ccccc3-c3ccccc3)cc21. The topological polar surface area (TPSA) is 3.24 Å². The molecule has 0 heterocycles. The molecular formula is C52H37N. The molecule has 0 unspecified atom stereocenters. The molecule has 0 saturated heterocycles. The van der Waals surface area contributed by atoms with E-state index in [4.69, 9.17) is 0 Å². The largest absolute Gasteiger partial charge is 0.310 e. The number of hydrogen-bond donors (Lipinski definition) is 0. The first-order valence-corrected chi connectivity index (χ1v) is 18.7. The lowest BCUT2D eigenvalue weighted by atomic mass is 9.70. The monoisotopic (exact) mass is 675 g/mol. The summed E-state index contributed by atoms with van der Waals surface area (Å²) >= 11 is 0. The molecule has 0 atom stereocenters. The average molecular weight is 676 g/mol. The van der Waals surface area contributed by atoms with Crippen LogP contribution < -0.4 is 4.90 Å². The molecule has 0 N–H and O–H groups in total. The van der Waals surface area contributed by atoms with E-state index in [-0.39, 0.29) is 10.8 Å². The van der Waals surface area contributed by atoms with Gasteiger partial charge in [0.1, 0.15) is 0 Å². The summed E-state index contributed by atoms with van der Waals surface area (Å²) < 4.78 is 0. The van der Waals surface area contributed by atoms with Crippen molar-refractivity contribution < 1.29 is 0 Å². The van der Waals surface area contributed by atoms with E-state index in [1.165, 1.54) is 77.9 Å². The molecular weight excluding hydrogens is 639 g/mol. The van der Waals surface area contributed by atoms with Crippen molar-refractivity contribution in [3.63, 3.8) is 0 Å². The molecule has 8 aromatic carbocycles. The number of nitrogens with zero attached hydrogens (tertiary/aromatic N) is 1. The third kappa shape index (κ3) is 4.02. The minimum Gasteiger partial charge on any atom is -0.310 e. The standard InChI is InChI=1S/C52H37N/c1-51(2)44-23-11-6-19-38(44)42-30-28-36(33-49(42)51)53(50-27-15-10-18-37(50)34-16-4-3-5-17-34)35-29-31-48-43(32-35)41-22-9-14-26-47(41)52(48)45-24-12-7-20-39(45)40-21-8-13-25-46(40)52/h3-33H,1-2H3. The Morgan fingerprint density at radius 1 is 0.321 bits per heavy atom. The second-order valence-corrected chi connectivity index (χ2v) is 15.2. The van der Waals surface area contributed by atoms with E-state index in [0.717, 1.165) is 17.1 Å².